The van der Waals surface area contributed by atoms with Crippen molar-refractivity contribution in [1.82, 2.24) is 5.32 Å². The summed E-state index contributed by atoms with van der Waals surface area (Å²) in [5.41, 5.74) is 2.19. The second-order valence-electron chi connectivity index (χ2n) is 7.46. The minimum Gasteiger partial charge on any atom is -0.493 e. The van der Waals surface area contributed by atoms with E-state index >= 15 is 0 Å². The van der Waals surface area contributed by atoms with Gasteiger partial charge in [-0.25, -0.2) is 8.42 Å². The average Bonchev–Trinajstić information content (AvgIpc) is 2.75. The maximum absolute atomic E-state index is 13.1. The number of sulfonamides is 1. The molecule has 1 amide bonds. The average molecular weight is 449 g/mol. The predicted molar refractivity (Wildman–Crippen MR) is 119 cm³/mol. The van der Waals surface area contributed by atoms with Crippen molar-refractivity contribution >= 4 is 21.6 Å². The second kappa shape index (κ2) is 9.05. The first-order chi connectivity index (χ1) is 14.7. The molecular weight excluding hydrogens is 420 g/mol. The van der Waals surface area contributed by atoms with Gasteiger partial charge in [0.05, 0.1) is 38.7 Å². The molecule has 0 aliphatic carbocycles. The van der Waals surface area contributed by atoms with E-state index in [2.05, 4.69) is 5.32 Å². The number of nitrogens with one attached hydrogen (secondary N) is 1. The zero-order valence-corrected chi connectivity index (χ0v) is 19.2. The summed E-state index contributed by atoms with van der Waals surface area (Å²) in [6.45, 7) is 3.72. The first-order valence-electron chi connectivity index (χ1n) is 9.95. The Morgan fingerprint density at radius 1 is 1.19 bits per heavy atom. The molecule has 0 radical (unpaired) electrons. The Kier molecular flexibility index (Phi) is 6.64. The van der Waals surface area contributed by atoms with E-state index in [1.165, 1.54) is 4.31 Å². The quantitative estimate of drug-likeness (QED) is 0.700. The van der Waals surface area contributed by atoms with Gasteiger partial charge in [-0.3, -0.25) is 9.10 Å². The number of nitrogens with zero attached hydrogens (tertiary/aromatic N) is 1. The Morgan fingerprint density at radius 3 is 2.52 bits per heavy atom. The third kappa shape index (κ3) is 4.87. The van der Waals surface area contributed by atoms with Crippen molar-refractivity contribution in [3.05, 3.63) is 47.5 Å². The Bertz CT molecular complexity index is 1070. The van der Waals surface area contributed by atoms with Crippen LogP contribution in [-0.4, -0.2) is 47.4 Å². The summed E-state index contributed by atoms with van der Waals surface area (Å²) < 4.78 is 42.5. The molecule has 0 saturated carbocycles. The van der Waals surface area contributed by atoms with Gasteiger partial charge in [-0.1, -0.05) is 19.1 Å². The van der Waals surface area contributed by atoms with Gasteiger partial charge in [-0.2, -0.15) is 0 Å². The van der Waals surface area contributed by atoms with Crippen LogP contribution in [0.1, 0.15) is 30.5 Å². The van der Waals surface area contributed by atoms with Crippen LogP contribution in [0.4, 0.5) is 5.69 Å². The lowest BCUT2D eigenvalue weighted by Crippen LogP contribution is -2.51. The van der Waals surface area contributed by atoms with Crippen molar-refractivity contribution in [2.75, 3.05) is 31.3 Å². The van der Waals surface area contributed by atoms with Gasteiger partial charge in [0.25, 0.3) is 5.91 Å². The molecule has 3 rings (SSSR count). The fraction of sp³-hybridized carbons (Fsp3) is 0.409. The maximum atomic E-state index is 13.1. The second-order valence-corrected chi connectivity index (χ2v) is 9.36. The molecule has 1 aliphatic heterocycles. The van der Waals surface area contributed by atoms with Crippen LogP contribution in [0, 0.1) is 6.92 Å². The van der Waals surface area contributed by atoms with Crippen molar-refractivity contribution in [3.63, 3.8) is 0 Å². The molecule has 2 atom stereocenters. The van der Waals surface area contributed by atoms with Gasteiger partial charge >= 0.3 is 0 Å². The number of hydrogen-bond donors (Lipinski definition) is 1. The smallest absolute Gasteiger partial charge is 0.263 e. The van der Waals surface area contributed by atoms with E-state index in [9.17, 15) is 13.2 Å². The summed E-state index contributed by atoms with van der Waals surface area (Å²) in [7, 11) is -0.472. The predicted octanol–water partition coefficient (Wildman–Crippen LogP) is 2.81. The number of anilines is 1. The van der Waals surface area contributed by atoms with Crippen molar-refractivity contribution in [2.24, 2.45) is 0 Å². The zero-order chi connectivity index (χ0) is 22.8. The van der Waals surface area contributed by atoms with Crippen LogP contribution in [0.2, 0.25) is 0 Å². The van der Waals surface area contributed by atoms with Gasteiger partial charge in [0.2, 0.25) is 10.0 Å². The summed E-state index contributed by atoms with van der Waals surface area (Å²) in [6, 6.07) is 10.4. The van der Waals surface area contributed by atoms with Crippen LogP contribution < -0.4 is 23.8 Å². The molecule has 9 heteroatoms. The molecule has 31 heavy (non-hydrogen) atoms. The number of rotatable bonds is 7. The molecule has 2 aromatic carbocycles. The molecule has 1 N–H and O–H groups in total. The monoisotopic (exact) mass is 448 g/mol. The summed E-state index contributed by atoms with van der Waals surface area (Å²) in [5, 5.41) is 2.97. The highest BCUT2D eigenvalue weighted by Crippen LogP contribution is 2.36. The Morgan fingerprint density at radius 2 is 1.90 bits per heavy atom. The zero-order valence-electron chi connectivity index (χ0n) is 18.3. The molecule has 1 heterocycles. The number of amides is 1. The largest absolute Gasteiger partial charge is 0.493 e. The van der Waals surface area contributed by atoms with Crippen LogP contribution in [0.25, 0.3) is 0 Å². The minimum absolute atomic E-state index is 0.0938. The number of carbonyl (C=O) groups excluding carboxylic acids is 1. The normalized spacial score (nSPS) is 16.7. The van der Waals surface area contributed by atoms with E-state index in [0.717, 1.165) is 17.4 Å². The lowest BCUT2D eigenvalue weighted by molar-refractivity contribution is -0.128. The van der Waals surface area contributed by atoms with Gasteiger partial charge in [0.15, 0.2) is 17.6 Å². The maximum Gasteiger partial charge on any atom is 0.263 e. The molecule has 0 spiro atoms. The van der Waals surface area contributed by atoms with Crippen molar-refractivity contribution < 1.29 is 27.4 Å². The number of methoxy groups -OCH3 is 2. The fourth-order valence-corrected chi connectivity index (χ4v) is 4.47. The molecule has 0 bridgehead atoms. The highest BCUT2D eigenvalue weighted by Gasteiger charge is 2.35. The van der Waals surface area contributed by atoms with E-state index in [0.29, 0.717) is 29.4 Å². The molecule has 2 aromatic rings. The molecule has 168 valence electrons. The Hall–Kier alpha value is -2.94. The molecule has 1 aliphatic rings. The highest BCUT2D eigenvalue weighted by molar-refractivity contribution is 7.92. The van der Waals surface area contributed by atoms with Gasteiger partial charge in [-0.05, 0) is 48.7 Å². The van der Waals surface area contributed by atoms with Gasteiger partial charge in [0.1, 0.15) is 5.75 Å². The summed E-state index contributed by atoms with van der Waals surface area (Å²) >= 11 is 0. The molecular formula is C22H28N2O6S. The number of hydrogen-bond acceptors (Lipinski definition) is 6. The van der Waals surface area contributed by atoms with Crippen molar-refractivity contribution in [2.45, 2.75) is 32.4 Å². The number of ether oxygens (including phenoxy) is 3. The van der Waals surface area contributed by atoms with E-state index in [-0.39, 0.29) is 18.5 Å². The number of aryl methyl sites for hydroxylation is 1. The van der Waals surface area contributed by atoms with Gasteiger partial charge in [0, 0.05) is 0 Å². The molecule has 0 unspecified atom stereocenters. The lowest BCUT2D eigenvalue weighted by atomic mass is 10.0. The number of carbonyl (C=O) groups is 1. The van der Waals surface area contributed by atoms with Crippen molar-refractivity contribution in [1.29, 1.82) is 0 Å². The van der Waals surface area contributed by atoms with Crippen molar-refractivity contribution in [3.8, 4) is 17.2 Å². The van der Waals surface area contributed by atoms with Crippen LogP contribution in [0.5, 0.6) is 17.2 Å². The third-order valence-electron chi connectivity index (χ3n) is 5.21. The Labute approximate surface area is 183 Å². The van der Waals surface area contributed by atoms with E-state index in [1.54, 1.807) is 32.4 Å². The Balaban J connectivity index is 1.84. The SMILES string of the molecule is CC[C@@H](NC(=O)[C@H]1CN(S(C)(=O)=O)c2cc(C)ccc2O1)c1ccc(OC)c(OC)c1. The first kappa shape index (κ1) is 22.7. The fourth-order valence-electron chi connectivity index (χ4n) is 3.57. The molecule has 0 fully saturated rings. The number of benzene rings is 2. The third-order valence-corrected chi connectivity index (χ3v) is 6.36. The molecule has 0 saturated heterocycles. The lowest BCUT2D eigenvalue weighted by Gasteiger charge is -2.34. The highest BCUT2D eigenvalue weighted by atomic mass is 32.2. The van der Waals surface area contributed by atoms with Gasteiger partial charge < -0.3 is 19.5 Å². The van der Waals surface area contributed by atoms with Crippen LogP contribution >= 0.6 is 0 Å². The van der Waals surface area contributed by atoms with E-state index in [1.807, 2.05) is 32.0 Å². The minimum atomic E-state index is -3.58. The topological polar surface area (TPSA) is 94.2 Å². The van der Waals surface area contributed by atoms with Crippen LogP contribution in [0.15, 0.2) is 36.4 Å². The summed E-state index contributed by atoms with van der Waals surface area (Å²) in [5.74, 6) is 1.14. The molecule has 0 aromatic heterocycles. The summed E-state index contributed by atoms with van der Waals surface area (Å²) in [4.78, 5) is 13.1. The first-order valence-corrected chi connectivity index (χ1v) is 11.8. The van der Waals surface area contributed by atoms with Gasteiger partial charge in [-0.15, -0.1) is 0 Å². The standard InChI is InChI=1S/C22H28N2O6S/c1-6-16(15-8-10-19(28-3)20(12-15)29-4)23-22(25)21-13-24(31(5,26)27)17-11-14(2)7-9-18(17)30-21/h7-12,16,21H,6,13H2,1-5H3,(H,23,25)/t16-,21-/m1/s1. The van der Waals surface area contributed by atoms with Crippen LogP contribution in [-0.2, 0) is 14.8 Å². The van der Waals surface area contributed by atoms with E-state index in [4.69, 9.17) is 14.2 Å². The number of fused-ring (bicyclic) bond motifs is 1. The summed E-state index contributed by atoms with van der Waals surface area (Å²) in [6.07, 6.45) is 0.774. The van der Waals surface area contributed by atoms with E-state index < -0.39 is 16.1 Å². The van der Waals surface area contributed by atoms with Crippen LogP contribution in [0.3, 0.4) is 0 Å². The molecule has 8 nitrogen and oxygen atoms in total.